The van der Waals surface area contributed by atoms with Crippen LogP contribution in [0.25, 0.3) is 0 Å². The summed E-state index contributed by atoms with van der Waals surface area (Å²) in [6, 6.07) is 2.11. The Morgan fingerprint density at radius 3 is 2.50 bits per heavy atom. The molecule has 0 amide bonds. The van der Waals surface area contributed by atoms with Crippen molar-refractivity contribution >= 4 is 82.1 Å². The molecule has 86 valence electrons. The summed E-state index contributed by atoms with van der Waals surface area (Å²) >= 11 is 20.4. The van der Waals surface area contributed by atoms with Crippen LogP contribution in [0.3, 0.4) is 0 Å². The highest BCUT2D eigenvalue weighted by atomic mass is 79.9. The molecule has 1 atom stereocenters. The van der Waals surface area contributed by atoms with Crippen molar-refractivity contribution in [3.63, 3.8) is 0 Å². The van der Waals surface area contributed by atoms with Crippen LogP contribution in [0.15, 0.2) is 19.7 Å². The van der Waals surface area contributed by atoms with E-state index in [4.69, 9.17) is 11.6 Å². The van der Waals surface area contributed by atoms with Crippen LogP contribution in [0, 0.1) is 6.92 Å². The molecule has 2 heterocycles. The van der Waals surface area contributed by atoms with Gasteiger partial charge in [-0.1, -0.05) is 27.5 Å². The van der Waals surface area contributed by atoms with E-state index in [-0.39, 0.29) is 4.83 Å². The molecule has 0 saturated carbocycles. The fourth-order valence-electron chi connectivity index (χ4n) is 1.24. The van der Waals surface area contributed by atoms with Crippen molar-refractivity contribution in [2.24, 2.45) is 0 Å². The topological polar surface area (TPSA) is 0 Å². The van der Waals surface area contributed by atoms with Crippen LogP contribution in [0.5, 0.6) is 0 Å². The number of aryl methyl sites for hydroxylation is 1. The highest BCUT2D eigenvalue weighted by Crippen LogP contribution is 2.45. The number of rotatable bonds is 2. The Labute approximate surface area is 132 Å². The van der Waals surface area contributed by atoms with Crippen molar-refractivity contribution in [2.45, 2.75) is 11.8 Å². The van der Waals surface area contributed by atoms with Gasteiger partial charge in [0.1, 0.15) is 0 Å². The smallest absolute Gasteiger partial charge is 0.0846 e. The van der Waals surface area contributed by atoms with Crippen molar-refractivity contribution in [1.29, 1.82) is 0 Å². The second-order valence-electron chi connectivity index (χ2n) is 3.23. The minimum absolute atomic E-state index is 0.172. The van der Waals surface area contributed by atoms with Crippen LogP contribution in [0.2, 0.25) is 5.02 Å². The first kappa shape index (κ1) is 13.6. The van der Waals surface area contributed by atoms with E-state index >= 15 is 0 Å². The standard InChI is InChI=1S/C10H6Br3ClS2/c1-4-3-15-9(8(4)14)7(12)6-2-5(11)10(13)16-6/h2-3,7H,1H3. The Morgan fingerprint density at radius 1 is 1.38 bits per heavy atom. The van der Waals surface area contributed by atoms with E-state index in [2.05, 4.69) is 59.2 Å². The van der Waals surface area contributed by atoms with Crippen molar-refractivity contribution < 1.29 is 0 Å². The minimum atomic E-state index is 0.172. The first-order valence-electron chi connectivity index (χ1n) is 4.33. The van der Waals surface area contributed by atoms with Gasteiger partial charge in [-0.05, 0) is 55.8 Å². The molecule has 0 bridgehead atoms. The Bertz CT molecular complexity index is 499. The van der Waals surface area contributed by atoms with Gasteiger partial charge >= 0.3 is 0 Å². The molecule has 0 N–H and O–H groups in total. The molecule has 6 heteroatoms. The molecule has 0 aliphatic rings. The van der Waals surface area contributed by atoms with Crippen LogP contribution >= 0.6 is 82.1 Å². The van der Waals surface area contributed by atoms with Gasteiger partial charge < -0.3 is 0 Å². The first-order valence-corrected chi connectivity index (χ1v) is 8.90. The van der Waals surface area contributed by atoms with Crippen molar-refractivity contribution in [3.8, 4) is 0 Å². The number of hydrogen-bond donors (Lipinski definition) is 0. The van der Waals surface area contributed by atoms with Crippen LogP contribution in [0.1, 0.15) is 20.1 Å². The predicted octanol–water partition coefficient (Wildman–Crippen LogP) is 6.78. The Hall–Kier alpha value is 1.13. The Kier molecular flexibility index (Phi) is 4.58. The SMILES string of the molecule is Cc1csc(C(Br)c2cc(Br)c(Br)s2)c1Cl. The van der Waals surface area contributed by atoms with E-state index in [0.29, 0.717) is 0 Å². The molecule has 0 saturated heterocycles. The lowest BCUT2D eigenvalue weighted by Gasteiger charge is -2.05. The van der Waals surface area contributed by atoms with Crippen molar-refractivity contribution in [2.75, 3.05) is 0 Å². The highest BCUT2D eigenvalue weighted by molar-refractivity contribution is 9.13. The Balaban J connectivity index is 2.38. The van der Waals surface area contributed by atoms with Gasteiger partial charge in [-0.25, -0.2) is 0 Å². The summed E-state index contributed by atoms with van der Waals surface area (Å²) in [5.41, 5.74) is 1.14. The first-order chi connectivity index (χ1) is 7.50. The molecule has 2 aromatic heterocycles. The predicted molar refractivity (Wildman–Crippen MR) is 84.6 cm³/mol. The van der Waals surface area contributed by atoms with E-state index in [0.717, 1.165) is 18.8 Å². The molecule has 0 aliphatic heterocycles. The zero-order valence-corrected chi connectivity index (χ0v) is 15.2. The maximum atomic E-state index is 6.26. The zero-order valence-electron chi connectivity index (χ0n) is 8.06. The second kappa shape index (κ2) is 5.41. The van der Waals surface area contributed by atoms with Crippen LogP contribution in [-0.2, 0) is 0 Å². The molecular weight excluding hydrogens is 459 g/mol. The average Bonchev–Trinajstić information content (AvgIpc) is 2.73. The fourth-order valence-corrected chi connectivity index (χ4v) is 5.78. The molecule has 0 spiro atoms. The van der Waals surface area contributed by atoms with E-state index in [1.165, 1.54) is 9.75 Å². The summed E-state index contributed by atoms with van der Waals surface area (Å²) in [6.45, 7) is 2.03. The lowest BCUT2D eigenvalue weighted by atomic mass is 10.2. The van der Waals surface area contributed by atoms with Crippen molar-refractivity contribution in [3.05, 3.63) is 40.0 Å². The van der Waals surface area contributed by atoms with Crippen LogP contribution < -0.4 is 0 Å². The molecular formula is C10H6Br3ClS2. The zero-order chi connectivity index (χ0) is 11.9. The highest BCUT2D eigenvalue weighted by Gasteiger charge is 2.19. The summed E-state index contributed by atoms with van der Waals surface area (Å²) in [7, 11) is 0. The number of halogens is 4. The third-order valence-corrected chi connectivity index (χ3v) is 8.73. The van der Waals surface area contributed by atoms with Crippen molar-refractivity contribution in [1.82, 2.24) is 0 Å². The van der Waals surface area contributed by atoms with Gasteiger partial charge in [0.05, 0.1) is 13.6 Å². The summed E-state index contributed by atoms with van der Waals surface area (Å²) in [4.78, 5) is 2.58. The van der Waals surface area contributed by atoms with E-state index in [1.807, 2.05) is 6.92 Å². The van der Waals surface area contributed by atoms with E-state index < -0.39 is 0 Å². The molecule has 0 radical (unpaired) electrons. The van der Waals surface area contributed by atoms with Gasteiger partial charge in [-0.15, -0.1) is 22.7 Å². The van der Waals surface area contributed by atoms with Crippen LogP contribution in [0.4, 0.5) is 0 Å². The van der Waals surface area contributed by atoms with Gasteiger partial charge in [0.25, 0.3) is 0 Å². The molecule has 2 rings (SSSR count). The Morgan fingerprint density at radius 2 is 2.06 bits per heavy atom. The number of hydrogen-bond acceptors (Lipinski definition) is 2. The molecule has 0 nitrogen and oxygen atoms in total. The lowest BCUT2D eigenvalue weighted by Crippen LogP contribution is -1.85. The summed E-state index contributed by atoms with van der Waals surface area (Å²) in [5.74, 6) is 0. The third-order valence-electron chi connectivity index (χ3n) is 2.07. The number of thiophene rings is 2. The lowest BCUT2D eigenvalue weighted by molar-refractivity contribution is 1.28. The van der Waals surface area contributed by atoms with Gasteiger partial charge in [0.15, 0.2) is 0 Å². The summed E-state index contributed by atoms with van der Waals surface area (Å²) < 4.78 is 2.19. The quantitative estimate of drug-likeness (QED) is 0.429. The molecule has 1 unspecified atom stereocenters. The van der Waals surface area contributed by atoms with Gasteiger partial charge in [0.2, 0.25) is 0 Å². The monoisotopic (exact) mass is 462 g/mol. The second-order valence-corrected chi connectivity index (χ2v) is 8.69. The molecule has 0 fully saturated rings. The summed E-state index contributed by atoms with van der Waals surface area (Å²) in [6.07, 6.45) is 0. The van der Waals surface area contributed by atoms with Gasteiger partial charge in [-0.2, -0.15) is 0 Å². The van der Waals surface area contributed by atoms with E-state index in [9.17, 15) is 0 Å². The summed E-state index contributed by atoms with van der Waals surface area (Å²) in [5, 5.41) is 2.96. The maximum absolute atomic E-state index is 6.26. The third kappa shape index (κ3) is 2.59. The van der Waals surface area contributed by atoms with E-state index in [1.54, 1.807) is 22.7 Å². The van der Waals surface area contributed by atoms with Gasteiger partial charge in [0, 0.05) is 14.2 Å². The fraction of sp³-hybridized carbons (Fsp3) is 0.200. The molecule has 0 aliphatic carbocycles. The molecule has 16 heavy (non-hydrogen) atoms. The molecule has 2 aromatic rings. The maximum Gasteiger partial charge on any atom is 0.0846 e. The van der Waals surface area contributed by atoms with Crippen LogP contribution in [-0.4, -0.2) is 0 Å². The minimum Gasteiger partial charge on any atom is -0.145 e. The largest absolute Gasteiger partial charge is 0.145 e. The average molecular weight is 465 g/mol. The number of alkyl halides is 1. The normalized spacial score (nSPS) is 13.1. The van der Waals surface area contributed by atoms with Gasteiger partial charge in [-0.3, -0.25) is 0 Å². The molecule has 0 aromatic carbocycles.